The number of aryl methyl sites for hydroxylation is 2. The van der Waals surface area contributed by atoms with Crippen molar-refractivity contribution in [3.05, 3.63) is 56.0 Å². The van der Waals surface area contributed by atoms with Crippen LogP contribution in [0.1, 0.15) is 36.1 Å². The van der Waals surface area contributed by atoms with Gasteiger partial charge < -0.3 is 4.42 Å². The minimum atomic E-state index is -0.343. The summed E-state index contributed by atoms with van der Waals surface area (Å²) in [6.07, 6.45) is 0. The molecule has 1 amide bonds. The molecule has 4 rings (SSSR count). The molecular weight excluding hydrogens is 470 g/mol. The van der Waals surface area contributed by atoms with Crippen molar-refractivity contribution < 1.29 is 9.21 Å². The molecular formula is C21H20ClN5O3S2. The van der Waals surface area contributed by atoms with Gasteiger partial charge in [0, 0.05) is 15.8 Å². The van der Waals surface area contributed by atoms with Crippen LogP contribution in [0.4, 0.5) is 6.01 Å². The number of fused-ring (bicyclic) bond motifs is 1. The molecule has 0 atom stereocenters. The second-order valence-electron chi connectivity index (χ2n) is 7.41. The fourth-order valence-corrected chi connectivity index (χ4v) is 5.00. The summed E-state index contributed by atoms with van der Waals surface area (Å²) in [5, 5.41) is 11.9. The first-order chi connectivity index (χ1) is 15.2. The van der Waals surface area contributed by atoms with E-state index in [1.54, 1.807) is 24.3 Å². The van der Waals surface area contributed by atoms with Gasteiger partial charge in [0.25, 0.3) is 5.56 Å². The van der Waals surface area contributed by atoms with E-state index < -0.39 is 0 Å². The Morgan fingerprint density at radius 2 is 1.97 bits per heavy atom. The van der Waals surface area contributed by atoms with Gasteiger partial charge in [-0.3, -0.25) is 19.5 Å². The number of benzene rings is 1. The maximum Gasteiger partial charge on any atom is 0.322 e. The first kappa shape index (κ1) is 22.5. The van der Waals surface area contributed by atoms with Crippen LogP contribution in [0.15, 0.2) is 38.6 Å². The van der Waals surface area contributed by atoms with Gasteiger partial charge in [-0.15, -0.1) is 16.4 Å². The van der Waals surface area contributed by atoms with E-state index in [4.69, 9.17) is 21.0 Å². The molecule has 1 aromatic carbocycles. The average Bonchev–Trinajstić information content (AvgIpc) is 3.32. The molecule has 0 saturated carbocycles. The number of carbonyl (C=O) groups excluding carboxylic acids is 1. The fourth-order valence-electron chi connectivity index (χ4n) is 2.99. The monoisotopic (exact) mass is 489 g/mol. The molecule has 0 aliphatic rings. The molecule has 0 aliphatic carbocycles. The maximum absolute atomic E-state index is 13.4. The Balaban J connectivity index is 1.66. The molecule has 4 aromatic rings. The largest absolute Gasteiger partial charge is 0.408 e. The zero-order valence-corrected chi connectivity index (χ0v) is 20.2. The van der Waals surface area contributed by atoms with Crippen LogP contribution in [0.2, 0.25) is 5.02 Å². The molecule has 0 fully saturated rings. The highest BCUT2D eigenvalue weighted by atomic mass is 35.5. The van der Waals surface area contributed by atoms with E-state index in [0.29, 0.717) is 32.0 Å². The molecule has 32 heavy (non-hydrogen) atoms. The lowest BCUT2D eigenvalue weighted by Crippen LogP contribution is -2.22. The van der Waals surface area contributed by atoms with E-state index in [1.165, 1.54) is 15.9 Å². The minimum absolute atomic E-state index is 0.00820. The lowest BCUT2D eigenvalue weighted by atomic mass is 10.2. The van der Waals surface area contributed by atoms with E-state index in [9.17, 15) is 9.59 Å². The summed E-state index contributed by atoms with van der Waals surface area (Å²) < 4.78 is 6.93. The third-order valence-corrected chi connectivity index (χ3v) is 7.06. The van der Waals surface area contributed by atoms with Crippen molar-refractivity contribution in [1.82, 2.24) is 19.7 Å². The maximum atomic E-state index is 13.4. The first-order valence-electron chi connectivity index (χ1n) is 9.79. The van der Waals surface area contributed by atoms with Gasteiger partial charge in [0.1, 0.15) is 4.83 Å². The summed E-state index contributed by atoms with van der Waals surface area (Å²) in [5.74, 6) is 0.170. The predicted octanol–water partition coefficient (Wildman–Crippen LogP) is 4.95. The van der Waals surface area contributed by atoms with Gasteiger partial charge in [-0.25, -0.2) is 4.98 Å². The van der Waals surface area contributed by atoms with Crippen LogP contribution in [-0.4, -0.2) is 31.4 Å². The van der Waals surface area contributed by atoms with Crippen LogP contribution < -0.4 is 10.9 Å². The number of nitrogens with one attached hydrogen (secondary N) is 1. The average molecular weight is 490 g/mol. The van der Waals surface area contributed by atoms with Crippen LogP contribution in [0, 0.1) is 13.8 Å². The summed E-state index contributed by atoms with van der Waals surface area (Å²) in [6, 6.07) is 6.97. The van der Waals surface area contributed by atoms with Crippen LogP contribution in [0.25, 0.3) is 15.9 Å². The van der Waals surface area contributed by atoms with Gasteiger partial charge >= 0.3 is 6.01 Å². The highest BCUT2D eigenvalue weighted by Gasteiger charge is 2.19. The minimum Gasteiger partial charge on any atom is -0.408 e. The Hall–Kier alpha value is -2.69. The van der Waals surface area contributed by atoms with Gasteiger partial charge in [0.15, 0.2) is 5.16 Å². The molecule has 0 saturated heterocycles. The van der Waals surface area contributed by atoms with E-state index in [-0.39, 0.29) is 29.2 Å². The van der Waals surface area contributed by atoms with Crippen LogP contribution in [-0.2, 0) is 4.79 Å². The van der Waals surface area contributed by atoms with E-state index >= 15 is 0 Å². The molecule has 0 aliphatic heterocycles. The molecule has 11 heteroatoms. The van der Waals surface area contributed by atoms with E-state index in [2.05, 4.69) is 15.5 Å². The number of halogens is 1. The number of amides is 1. The Kier molecular flexibility index (Phi) is 6.36. The van der Waals surface area contributed by atoms with Gasteiger partial charge in [-0.2, -0.15) is 0 Å². The predicted molar refractivity (Wildman–Crippen MR) is 127 cm³/mol. The molecule has 0 spiro atoms. The summed E-state index contributed by atoms with van der Waals surface area (Å²) in [6.45, 7) is 7.71. The number of carbonyl (C=O) groups is 1. The lowest BCUT2D eigenvalue weighted by Gasteiger charge is -2.12. The van der Waals surface area contributed by atoms with Crippen LogP contribution in [0.3, 0.4) is 0 Å². The molecule has 1 N–H and O–H groups in total. The number of thioether (sulfide) groups is 1. The summed E-state index contributed by atoms with van der Waals surface area (Å²) in [4.78, 5) is 32.3. The summed E-state index contributed by atoms with van der Waals surface area (Å²) >= 11 is 8.64. The Bertz CT molecular complexity index is 1360. The summed E-state index contributed by atoms with van der Waals surface area (Å²) in [7, 11) is 0. The third-order valence-electron chi connectivity index (χ3n) is 4.77. The molecule has 3 heterocycles. The molecule has 0 unspecified atom stereocenters. The highest BCUT2D eigenvalue weighted by Crippen LogP contribution is 2.30. The van der Waals surface area contributed by atoms with Crippen LogP contribution in [0.5, 0.6) is 0 Å². The van der Waals surface area contributed by atoms with Gasteiger partial charge in [0.05, 0.1) is 16.8 Å². The lowest BCUT2D eigenvalue weighted by molar-refractivity contribution is -0.113. The zero-order valence-electron chi connectivity index (χ0n) is 17.8. The topological polar surface area (TPSA) is 103 Å². The summed E-state index contributed by atoms with van der Waals surface area (Å²) in [5.41, 5.74) is 1.36. The number of hydrogen-bond donors (Lipinski definition) is 1. The smallest absolute Gasteiger partial charge is 0.322 e. The van der Waals surface area contributed by atoms with Crippen molar-refractivity contribution in [1.29, 1.82) is 0 Å². The molecule has 8 nitrogen and oxygen atoms in total. The zero-order chi connectivity index (χ0) is 23.0. The third kappa shape index (κ3) is 4.43. The molecule has 0 radical (unpaired) electrons. The molecule has 0 bridgehead atoms. The van der Waals surface area contributed by atoms with Crippen molar-refractivity contribution in [2.75, 3.05) is 11.1 Å². The van der Waals surface area contributed by atoms with Crippen molar-refractivity contribution in [3.8, 4) is 5.69 Å². The number of anilines is 1. The Morgan fingerprint density at radius 3 is 2.62 bits per heavy atom. The number of hydrogen-bond acceptors (Lipinski definition) is 8. The second-order valence-corrected chi connectivity index (χ2v) is 9.99. The number of rotatable bonds is 6. The Labute approximate surface area is 197 Å². The standard InChI is InChI=1S/C21H20ClN5O3S2/c1-10(2)17-25-26-20(30-17)23-15(28)9-31-21-24-18-16(11(3)12(4)32-18)19(29)27(21)14-7-5-13(22)6-8-14/h5-8,10H,9H2,1-4H3,(H,23,26,28). The van der Waals surface area contributed by atoms with Crippen LogP contribution >= 0.6 is 34.7 Å². The highest BCUT2D eigenvalue weighted by molar-refractivity contribution is 7.99. The number of thiophene rings is 1. The van der Waals surface area contributed by atoms with Gasteiger partial charge in [-0.1, -0.05) is 42.3 Å². The van der Waals surface area contributed by atoms with E-state index in [0.717, 1.165) is 22.2 Å². The quantitative estimate of drug-likeness (QED) is 0.301. The fraction of sp³-hybridized carbons (Fsp3) is 0.286. The van der Waals surface area contributed by atoms with Crippen molar-refractivity contribution in [2.24, 2.45) is 0 Å². The normalized spacial score (nSPS) is 11.4. The molecule has 166 valence electrons. The first-order valence-corrected chi connectivity index (χ1v) is 12.0. The van der Waals surface area contributed by atoms with Gasteiger partial charge in [0.2, 0.25) is 11.8 Å². The number of aromatic nitrogens is 4. The second kappa shape index (κ2) is 9.05. The van der Waals surface area contributed by atoms with Crippen molar-refractivity contribution >= 4 is 56.8 Å². The Morgan fingerprint density at radius 1 is 1.25 bits per heavy atom. The SMILES string of the molecule is Cc1sc2nc(SCC(=O)Nc3nnc(C(C)C)o3)n(-c3ccc(Cl)cc3)c(=O)c2c1C. The number of nitrogens with zero attached hydrogens (tertiary/aromatic N) is 4. The van der Waals surface area contributed by atoms with Crippen molar-refractivity contribution in [3.63, 3.8) is 0 Å². The van der Waals surface area contributed by atoms with Gasteiger partial charge in [-0.05, 0) is 43.7 Å². The van der Waals surface area contributed by atoms with Crippen molar-refractivity contribution in [2.45, 2.75) is 38.8 Å². The van der Waals surface area contributed by atoms with E-state index in [1.807, 2.05) is 27.7 Å². The molecule has 3 aromatic heterocycles.